The van der Waals surface area contributed by atoms with Gasteiger partial charge in [0.2, 0.25) is 0 Å². The molecular weight excluding hydrogens is 190 g/mol. The molecule has 4 nitrogen and oxygen atoms in total. The van der Waals surface area contributed by atoms with Gasteiger partial charge in [-0.2, -0.15) is 0 Å². The smallest absolute Gasteiger partial charge is 0.153 e. The van der Waals surface area contributed by atoms with Crippen LogP contribution >= 0.6 is 0 Å². The second kappa shape index (κ2) is 3.82. The zero-order valence-corrected chi connectivity index (χ0v) is 8.77. The van der Waals surface area contributed by atoms with Crippen LogP contribution in [0.25, 0.3) is 11.3 Å². The standard InChI is InChI=1S/C11H13N3O/c1-7-3-4-13-6-9(7)10-5-11(8(2)12)15-14-10/h3-6,8H,12H2,1-2H3. The van der Waals surface area contributed by atoms with Crippen molar-refractivity contribution in [2.24, 2.45) is 5.73 Å². The minimum Gasteiger partial charge on any atom is -0.359 e. The van der Waals surface area contributed by atoms with Crippen molar-refractivity contribution in [3.63, 3.8) is 0 Å². The molecule has 0 amide bonds. The van der Waals surface area contributed by atoms with Crippen molar-refractivity contribution in [2.45, 2.75) is 19.9 Å². The van der Waals surface area contributed by atoms with Crippen LogP contribution in [0.15, 0.2) is 29.0 Å². The lowest BCUT2D eigenvalue weighted by Gasteiger charge is -1.98. The van der Waals surface area contributed by atoms with Gasteiger partial charge in [0.1, 0.15) is 5.69 Å². The van der Waals surface area contributed by atoms with E-state index in [2.05, 4.69) is 10.1 Å². The van der Waals surface area contributed by atoms with Crippen molar-refractivity contribution >= 4 is 0 Å². The largest absolute Gasteiger partial charge is 0.359 e. The van der Waals surface area contributed by atoms with Crippen molar-refractivity contribution in [1.29, 1.82) is 0 Å². The minimum atomic E-state index is -0.136. The monoisotopic (exact) mass is 203 g/mol. The number of rotatable bonds is 2. The molecular formula is C11H13N3O. The molecule has 0 aliphatic heterocycles. The van der Waals surface area contributed by atoms with Crippen LogP contribution in [0.3, 0.4) is 0 Å². The summed E-state index contributed by atoms with van der Waals surface area (Å²) in [5, 5.41) is 3.97. The molecule has 1 unspecified atom stereocenters. The maximum atomic E-state index is 5.69. The van der Waals surface area contributed by atoms with Gasteiger partial charge in [0.15, 0.2) is 5.76 Å². The van der Waals surface area contributed by atoms with Crippen LogP contribution in [-0.2, 0) is 0 Å². The third-order valence-electron chi connectivity index (χ3n) is 2.29. The fraction of sp³-hybridized carbons (Fsp3) is 0.273. The normalized spacial score (nSPS) is 12.7. The van der Waals surface area contributed by atoms with Gasteiger partial charge < -0.3 is 10.3 Å². The van der Waals surface area contributed by atoms with Crippen molar-refractivity contribution in [2.75, 3.05) is 0 Å². The zero-order chi connectivity index (χ0) is 10.8. The van der Waals surface area contributed by atoms with Gasteiger partial charge >= 0.3 is 0 Å². The summed E-state index contributed by atoms with van der Waals surface area (Å²) >= 11 is 0. The van der Waals surface area contributed by atoms with Crippen LogP contribution in [0.5, 0.6) is 0 Å². The first-order chi connectivity index (χ1) is 7.18. The van der Waals surface area contributed by atoms with E-state index in [1.165, 1.54) is 0 Å². The first-order valence-electron chi connectivity index (χ1n) is 4.81. The van der Waals surface area contributed by atoms with Crippen molar-refractivity contribution in [3.8, 4) is 11.3 Å². The average Bonchev–Trinajstić information content (AvgIpc) is 2.67. The maximum Gasteiger partial charge on any atom is 0.153 e. The van der Waals surface area contributed by atoms with Gasteiger partial charge in [-0.1, -0.05) is 5.16 Å². The van der Waals surface area contributed by atoms with E-state index < -0.39 is 0 Å². The predicted octanol–water partition coefficient (Wildman–Crippen LogP) is 2.06. The number of pyridine rings is 1. The lowest BCUT2D eigenvalue weighted by atomic mass is 10.1. The number of nitrogens with zero attached hydrogens (tertiary/aromatic N) is 2. The molecule has 2 N–H and O–H groups in total. The van der Waals surface area contributed by atoms with Gasteiger partial charge in [-0.25, -0.2) is 0 Å². The van der Waals surface area contributed by atoms with Gasteiger partial charge in [-0.05, 0) is 25.5 Å². The Labute approximate surface area is 88.1 Å². The lowest BCUT2D eigenvalue weighted by molar-refractivity contribution is 0.369. The summed E-state index contributed by atoms with van der Waals surface area (Å²) < 4.78 is 5.13. The number of aromatic nitrogens is 2. The second-order valence-corrected chi connectivity index (χ2v) is 3.59. The topological polar surface area (TPSA) is 64.9 Å². The summed E-state index contributed by atoms with van der Waals surface area (Å²) in [6, 6.07) is 3.66. The Morgan fingerprint density at radius 1 is 1.47 bits per heavy atom. The quantitative estimate of drug-likeness (QED) is 0.811. The van der Waals surface area contributed by atoms with Crippen LogP contribution < -0.4 is 5.73 Å². The summed E-state index contributed by atoms with van der Waals surface area (Å²) in [4.78, 5) is 4.06. The Morgan fingerprint density at radius 3 is 2.87 bits per heavy atom. The molecule has 0 saturated heterocycles. The highest BCUT2D eigenvalue weighted by Gasteiger charge is 2.11. The number of nitrogens with two attached hydrogens (primary N) is 1. The first-order valence-corrected chi connectivity index (χ1v) is 4.81. The highest BCUT2D eigenvalue weighted by Crippen LogP contribution is 2.23. The summed E-state index contributed by atoms with van der Waals surface area (Å²) in [6.07, 6.45) is 3.53. The molecule has 0 radical (unpaired) electrons. The van der Waals surface area contributed by atoms with Crippen LogP contribution in [0.1, 0.15) is 24.3 Å². The van der Waals surface area contributed by atoms with Gasteiger partial charge in [-0.3, -0.25) is 4.98 Å². The molecule has 78 valence electrons. The summed E-state index contributed by atoms with van der Waals surface area (Å²) in [6.45, 7) is 3.87. The number of hydrogen-bond acceptors (Lipinski definition) is 4. The van der Waals surface area contributed by atoms with E-state index in [0.717, 1.165) is 16.8 Å². The number of aryl methyl sites for hydroxylation is 1. The van der Waals surface area contributed by atoms with E-state index in [-0.39, 0.29) is 6.04 Å². The van der Waals surface area contributed by atoms with Crippen molar-refractivity contribution in [3.05, 3.63) is 35.9 Å². The third kappa shape index (κ3) is 1.89. The van der Waals surface area contributed by atoms with E-state index in [1.807, 2.05) is 26.0 Å². The zero-order valence-electron chi connectivity index (χ0n) is 8.77. The molecule has 4 heteroatoms. The molecule has 1 atom stereocenters. The molecule has 2 aromatic heterocycles. The maximum absolute atomic E-state index is 5.69. The molecule has 0 aromatic carbocycles. The molecule has 0 saturated carbocycles. The molecule has 0 aliphatic rings. The molecule has 2 rings (SSSR count). The Morgan fingerprint density at radius 2 is 2.27 bits per heavy atom. The van der Waals surface area contributed by atoms with Gasteiger partial charge in [-0.15, -0.1) is 0 Å². The second-order valence-electron chi connectivity index (χ2n) is 3.59. The van der Waals surface area contributed by atoms with Crippen LogP contribution in [-0.4, -0.2) is 10.1 Å². The Kier molecular flexibility index (Phi) is 2.51. The number of hydrogen-bond donors (Lipinski definition) is 1. The van der Waals surface area contributed by atoms with Gasteiger partial charge in [0.25, 0.3) is 0 Å². The molecule has 0 fully saturated rings. The van der Waals surface area contributed by atoms with E-state index in [0.29, 0.717) is 5.76 Å². The molecule has 0 bridgehead atoms. The molecule has 0 spiro atoms. The molecule has 15 heavy (non-hydrogen) atoms. The Bertz CT molecular complexity index is 462. The Balaban J connectivity index is 2.42. The van der Waals surface area contributed by atoms with E-state index in [1.54, 1.807) is 12.4 Å². The first kappa shape index (κ1) is 9.86. The van der Waals surface area contributed by atoms with Crippen molar-refractivity contribution < 1.29 is 4.52 Å². The molecule has 0 aliphatic carbocycles. The van der Waals surface area contributed by atoms with E-state index in [9.17, 15) is 0 Å². The van der Waals surface area contributed by atoms with Crippen LogP contribution in [0.4, 0.5) is 0 Å². The Hall–Kier alpha value is -1.68. The van der Waals surface area contributed by atoms with Gasteiger partial charge in [0, 0.05) is 24.0 Å². The summed E-state index contributed by atoms with van der Waals surface area (Å²) in [7, 11) is 0. The lowest BCUT2D eigenvalue weighted by Crippen LogP contribution is -2.02. The van der Waals surface area contributed by atoms with E-state index >= 15 is 0 Å². The fourth-order valence-electron chi connectivity index (χ4n) is 1.36. The summed E-state index contributed by atoms with van der Waals surface area (Å²) in [5.41, 5.74) is 8.58. The van der Waals surface area contributed by atoms with Crippen LogP contribution in [0.2, 0.25) is 0 Å². The highest BCUT2D eigenvalue weighted by molar-refractivity contribution is 5.61. The SMILES string of the molecule is Cc1ccncc1-c1cc(C(C)N)on1. The highest BCUT2D eigenvalue weighted by atomic mass is 16.5. The average molecular weight is 203 g/mol. The summed E-state index contributed by atoms with van der Waals surface area (Å²) in [5.74, 6) is 0.688. The minimum absolute atomic E-state index is 0.136. The van der Waals surface area contributed by atoms with Gasteiger partial charge in [0.05, 0.1) is 6.04 Å². The van der Waals surface area contributed by atoms with Crippen molar-refractivity contribution in [1.82, 2.24) is 10.1 Å². The van der Waals surface area contributed by atoms with Crippen LogP contribution in [0, 0.1) is 6.92 Å². The fourth-order valence-corrected chi connectivity index (χ4v) is 1.36. The molecule has 2 aromatic rings. The predicted molar refractivity (Wildman–Crippen MR) is 57.1 cm³/mol. The van der Waals surface area contributed by atoms with E-state index in [4.69, 9.17) is 10.3 Å². The molecule has 2 heterocycles. The third-order valence-corrected chi connectivity index (χ3v) is 2.29.